The molecule has 2 aliphatic carbocycles. The molecule has 3 aliphatic rings. The summed E-state index contributed by atoms with van der Waals surface area (Å²) in [7, 11) is -2.04. The van der Waals surface area contributed by atoms with Crippen molar-refractivity contribution in [1.29, 1.82) is 0 Å². The minimum atomic E-state index is -2.04. The van der Waals surface area contributed by atoms with Crippen molar-refractivity contribution >= 4 is 20.4 Å². The van der Waals surface area contributed by atoms with Crippen LogP contribution in [-0.4, -0.2) is 11.8 Å². The molecule has 0 radical (unpaired) electrons. The maximum absolute atomic E-state index is 13.5. The van der Waals surface area contributed by atoms with Gasteiger partial charge in [-0.25, -0.2) is 0 Å². The van der Waals surface area contributed by atoms with Gasteiger partial charge in [-0.15, -0.1) is 0 Å². The molecule has 0 aromatic heterocycles. The van der Waals surface area contributed by atoms with Crippen LogP contribution in [0.3, 0.4) is 0 Å². The molecule has 0 saturated heterocycles. The molecule has 2 fully saturated rings. The topological polar surface area (TPSA) is 61.8 Å². The van der Waals surface area contributed by atoms with Crippen LogP contribution in [0.1, 0.15) is 202 Å². The third kappa shape index (κ3) is 11.9. The van der Waals surface area contributed by atoms with Crippen LogP contribution in [0.15, 0.2) is 36.4 Å². The molecule has 0 amide bonds. The van der Waals surface area contributed by atoms with Gasteiger partial charge in [0.05, 0.1) is 0 Å². The van der Waals surface area contributed by atoms with Gasteiger partial charge in [0.1, 0.15) is 17.3 Å². The van der Waals surface area contributed by atoms with Gasteiger partial charge in [-0.3, -0.25) is 9.59 Å². The first-order chi connectivity index (χ1) is 25.6. The van der Waals surface area contributed by atoms with Gasteiger partial charge in [0.25, 0.3) is 0 Å². The Morgan fingerprint density at radius 2 is 1.17 bits per heavy atom. The Kier molecular flexibility index (Phi) is 15.9. The zero-order valence-corrected chi connectivity index (χ0v) is 34.8. The van der Waals surface area contributed by atoms with E-state index in [9.17, 15) is 9.59 Å². The average Bonchev–Trinajstić information content (AvgIpc) is 3.12. The Bertz CT molecular complexity index is 1450. The smallest absolute Gasteiger partial charge is 0.408 e. The number of unbranched alkanes of at least 4 members (excludes halogenated alkanes) is 7. The van der Waals surface area contributed by atoms with Crippen LogP contribution in [0.25, 0.3) is 0 Å². The lowest BCUT2D eigenvalue weighted by atomic mass is 9.69. The number of rotatable bonds is 18. The molecule has 53 heavy (non-hydrogen) atoms. The van der Waals surface area contributed by atoms with E-state index in [1.54, 1.807) is 0 Å². The summed E-state index contributed by atoms with van der Waals surface area (Å²) >= 11 is 0. The van der Waals surface area contributed by atoms with Gasteiger partial charge in [-0.2, -0.15) is 0 Å². The summed E-state index contributed by atoms with van der Waals surface area (Å²) < 4.78 is 19.9. The highest BCUT2D eigenvalue weighted by molar-refractivity contribution is 7.43. The zero-order chi connectivity index (χ0) is 37.7. The Morgan fingerprint density at radius 1 is 0.660 bits per heavy atom. The van der Waals surface area contributed by atoms with Crippen LogP contribution in [0, 0.1) is 13.8 Å². The highest BCUT2D eigenvalue weighted by atomic mass is 31.2. The number of benzene rings is 2. The van der Waals surface area contributed by atoms with Crippen LogP contribution < -0.4 is 9.05 Å². The van der Waals surface area contributed by atoms with E-state index in [1.165, 1.54) is 99.3 Å². The van der Waals surface area contributed by atoms with Crippen molar-refractivity contribution in [2.24, 2.45) is 0 Å². The number of carbonyl (C=O) groups excluding carboxylic acids is 2. The largest absolute Gasteiger partial charge is 0.532 e. The Balaban J connectivity index is 1.25. The van der Waals surface area contributed by atoms with E-state index in [2.05, 4.69) is 71.0 Å². The molecule has 5 rings (SSSR count). The first-order valence-electron chi connectivity index (χ1n) is 21.4. The molecule has 1 heterocycles. The van der Waals surface area contributed by atoms with Crippen molar-refractivity contribution in [3.63, 3.8) is 0 Å². The lowest BCUT2D eigenvalue weighted by Crippen LogP contribution is -2.28. The van der Waals surface area contributed by atoms with Crippen molar-refractivity contribution in [3.05, 3.63) is 69.8 Å². The zero-order valence-electron chi connectivity index (χ0n) is 33.9. The number of aryl methyl sites for hydroxylation is 2. The van der Waals surface area contributed by atoms with Crippen molar-refractivity contribution < 1.29 is 23.2 Å². The van der Waals surface area contributed by atoms with Gasteiger partial charge in [-0.1, -0.05) is 139 Å². The van der Waals surface area contributed by atoms with Crippen LogP contribution in [0.4, 0.5) is 0 Å². The van der Waals surface area contributed by atoms with Crippen molar-refractivity contribution in [2.45, 2.75) is 200 Å². The first-order valence-corrected chi connectivity index (χ1v) is 22.5. The van der Waals surface area contributed by atoms with Gasteiger partial charge in [0, 0.05) is 36.8 Å². The molecule has 1 aliphatic heterocycles. The van der Waals surface area contributed by atoms with E-state index >= 15 is 0 Å². The summed E-state index contributed by atoms with van der Waals surface area (Å²) in [6.07, 6.45) is 29.4. The quantitative estimate of drug-likeness (QED) is 0.0864. The van der Waals surface area contributed by atoms with E-state index in [0.29, 0.717) is 25.7 Å². The fourth-order valence-corrected chi connectivity index (χ4v) is 10.2. The van der Waals surface area contributed by atoms with Crippen LogP contribution >= 0.6 is 8.60 Å². The normalized spacial score (nSPS) is 18.3. The number of fused-ring (bicyclic) bond motifs is 2. The monoisotopic (exact) mass is 744 g/mol. The van der Waals surface area contributed by atoms with Crippen molar-refractivity contribution in [3.8, 4) is 11.5 Å². The van der Waals surface area contributed by atoms with Gasteiger partial charge in [0.2, 0.25) is 0 Å². The first kappa shape index (κ1) is 41.5. The van der Waals surface area contributed by atoms with E-state index in [0.717, 1.165) is 67.6 Å². The number of hydrogen-bond donors (Lipinski definition) is 0. The van der Waals surface area contributed by atoms with Gasteiger partial charge < -0.3 is 13.6 Å². The molecule has 0 N–H and O–H groups in total. The molecule has 0 unspecified atom stereocenters. The standard InChI is InChI=1S/C47H69O5P/c1-6-7-8-9-10-11-12-13-14-17-24-40(48)25-18-19-26-43(49)50-53-51-44-38(31-36(2)33-41(44)46(4)27-20-15-21-28-46)35-39-32-37(3)34-42(45(39)52-53)47(5)29-22-16-23-30-47/h13-14,31-34H,6-12,15-30,35H2,1-5H3/b14-13-. The van der Waals surface area contributed by atoms with Gasteiger partial charge >= 0.3 is 14.6 Å². The Labute approximate surface area is 323 Å². The number of allylic oxidation sites excluding steroid dienone is 2. The second-order valence-corrected chi connectivity index (χ2v) is 18.2. The Hall–Kier alpha value is -2.65. The predicted octanol–water partition coefficient (Wildman–Crippen LogP) is 14.1. The third-order valence-electron chi connectivity index (χ3n) is 12.3. The number of Topliss-reactive ketones (excluding diaryl/α,β-unsaturated/α-hetero) is 1. The molecule has 2 saturated carbocycles. The second kappa shape index (κ2) is 20.3. The number of hydrogen-bond acceptors (Lipinski definition) is 5. The summed E-state index contributed by atoms with van der Waals surface area (Å²) in [6, 6.07) is 9.13. The lowest BCUT2D eigenvalue weighted by Gasteiger charge is -2.38. The minimum absolute atomic E-state index is 0.00491. The summed E-state index contributed by atoms with van der Waals surface area (Å²) in [5, 5.41) is 0. The molecule has 0 spiro atoms. The van der Waals surface area contributed by atoms with Crippen LogP contribution in [-0.2, 0) is 31.4 Å². The SMILES string of the molecule is CCCCCCCC/C=C\CCC(=O)CCCCC(=O)OP1Oc2c(cc(C)cc2C2(C)CCCCC2)Cc2cc(C)cc(C3(C)CCCCC3)c2O1. The Morgan fingerprint density at radius 3 is 1.74 bits per heavy atom. The van der Waals surface area contributed by atoms with Gasteiger partial charge in [-0.05, 0) is 93.6 Å². The molecule has 0 atom stereocenters. The molecule has 2 aromatic carbocycles. The lowest BCUT2D eigenvalue weighted by molar-refractivity contribution is -0.135. The maximum atomic E-state index is 13.5. The van der Waals surface area contributed by atoms with Crippen molar-refractivity contribution in [2.75, 3.05) is 0 Å². The molecule has 6 heteroatoms. The summed E-state index contributed by atoms with van der Waals surface area (Å²) in [4.78, 5) is 26.1. The average molecular weight is 745 g/mol. The molecule has 0 bridgehead atoms. The second-order valence-electron chi connectivity index (χ2n) is 17.2. The van der Waals surface area contributed by atoms with Gasteiger partial charge in [0.15, 0.2) is 0 Å². The van der Waals surface area contributed by atoms with E-state index in [4.69, 9.17) is 13.6 Å². The highest BCUT2D eigenvalue weighted by Crippen LogP contribution is 2.55. The van der Waals surface area contributed by atoms with Crippen LogP contribution in [0.5, 0.6) is 11.5 Å². The fourth-order valence-electron chi connectivity index (χ4n) is 9.05. The van der Waals surface area contributed by atoms with E-state index in [1.807, 2.05) is 0 Å². The van der Waals surface area contributed by atoms with Crippen LogP contribution in [0.2, 0.25) is 0 Å². The fraction of sp³-hybridized carbons (Fsp3) is 0.660. The molecule has 2 aromatic rings. The molecule has 5 nitrogen and oxygen atoms in total. The molecular formula is C47H69O5P. The summed E-state index contributed by atoms with van der Waals surface area (Å²) in [5.74, 6) is 1.65. The maximum Gasteiger partial charge on any atom is 0.532 e. The third-order valence-corrected chi connectivity index (χ3v) is 13.3. The summed E-state index contributed by atoms with van der Waals surface area (Å²) in [5.41, 5.74) is 7.25. The summed E-state index contributed by atoms with van der Waals surface area (Å²) in [6.45, 7) is 11.4. The molecular weight excluding hydrogens is 675 g/mol. The number of ketones is 1. The molecule has 292 valence electrons. The van der Waals surface area contributed by atoms with E-state index in [-0.39, 0.29) is 29.0 Å². The predicted molar refractivity (Wildman–Crippen MR) is 220 cm³/mol. The van der Waals surface area contributed by atoms with E-state index < -0.39 is 8.60 Å². The number of carbonyl (C=O) groups is 2. The van der Waals surface area contributed by atoms with Crippen molar-refractivity contribution in [1.82, 2.24) is 0 Å². The minimum Gasteiger partial charge on any atom is -0.408 e. The highest BCUT2D eigenvalue weighted by Gasteiger charge is 2.39.